The van der Waals surface area contributed by atoms with E-state index in [-0.39, 0.29) is 12.5 Å². The number of aryl methyl sites for hydroxylation is 1. The van der Waals surface area contributed by atoms with Crippen LogP contribution >= 0.6 is 0 Å². The quantitative estimate of drug-likeness (QED) is 0.698. The average molecular weight is 351 g/mol. The van der Waals surface area contributed by atoms with Crippen LogP contribution in [0.4, 0.5) is 5.69 Å². The molecule has 26 heavy (non-hydrogen) atoms. The van der Waals surface area contributed by atoms with Crippen molar-refractivity contribution in [3.8, 4) is 17.2 Å². The molecule has 6 heteroatoms. The topological polar surface area (TPSA) is 65.4 Å². The summed E-state index contributed by atoms with van der Waals surface area (Å²) in [6.45, 7) is 4.69. The molecule has 0 fully saturated rings. The molecule has 1 aromatic heterocycles. The third-order valence-electron chi connectivity index (χ3n) is 3.58. The van der Waals surface area contributed by atoms with Gasteiger partial charge in [-0.3, -0.25) is 9.48 Å². The third kappa shape index (κ3) is 4.86. The van der Waals surface area contributed by atoms with Gasteiger partial charge in [0.15, 0.2) is 0 Å². The minimum Gasteiger partial charge on any atom is -0.494 e. The molecule has 2 aromatic carbocycles. The van der Waals surface area contributed by atoms with Crippen molar-refractivity contribution in [3.05, 3.63) is 66.5 Å². The highest BCUT2D eigenvalue weighted by molar-refractivity contribution is 5.90. The predicted octanol–water partition coefficient (Wildman–Crippen LogP) is 4.02. The number of benzene rings is 2. The van der Waals surface area contributed by atoms with Gasteiger partial charge in [0.1, 0.15) is 23.8 Å². The van der Waals surface area contributed by atoms with Crippen LogP contribution in [0.1, 0.15) is 12.5 Å². The number of aromatic nitrogens is 2. The fourth-order valence-electron chi connectivity index (χ4n) is 2.41. The van der Waals surface area contributed by atoms with Crippen LogP contribution in [-0.4, -0.2) is 22.3 Å². The Labute approximate surface area is 152 Å². The van der Waals surface area contributed by atoms with Crippen molar-refractivity contribution in [2.75, 3.05) is 11.9 Å². The number of carbonyl (C=O) groups excluding carboxylic acids is 1. The molecule has 0 saturated carbocycles. The van der Waals surface area contributed by atoms with Gasteiger partial charge >= 0.3 is 0 Å². The van der Waals surface area contributed by atoms with Gasteiger partial charge < -0.3 is 14.8 Å². The fourth-order valence-corrected chi connectivity index (χ4v) is 2.41. The summed E-state index contributed by atoms with van der Waals surface area (Å²) in [5, 5.41) is 6.94. The number of amides is 1. The fraction of sp³-hybridized carbons (Fsp3) is 0.200. The summed E-state index contributed by atoms with van der Waals surface area (Å²) in [4.78, 5) is 12.0. The van der Waals surface area contributed by atoms with E-state index in [1.165, 1.54) is 0 Å². The minimum atomic E-state index is -0.131. The van der Waals surface area contributed by atoms with Crippen LogP contribution in [0.5, 0.6) is 17.2 Å². The van der Waals surface area contributed by atoms with E-state index < -0.39 is 0 Å². The Morgan fingerprint density at radius 1 is 1.04 bits per heavy atom. The van der Waals surface area contributed by atoms with Gasteiger partial charge in [-0.2, -0.15) is 5.10 Å². The van der Waals surface area contributed by atoms with E-state index in [0.29, 0.717) is 18.0 Å². The second-order valence-corrected chi connectivity index (χ2v) is 5.79. The van der Waals surface area contributed by atoms with E-state index in [1.807, 2.05) is 56.4 Å². The Bertz CT molecular complexity index is 855. The first-order chi connectivity index (χ1) is 12.6. The molecule has 1 N–H and O–H groups in total. The van der Waals surface area contributed by atoms with Gasteiger partial charge in [-0.25, -0.2) is 0 Å². The number of nitrogens with zero attached hydrogens (tertiary/aromatic N) is 2. The first-order valence-corrected chi connectivity index (χ1v) is 8.42. The maximum absolute atomic E-state index is 12.0. The van der Waals surface area contributed by atoms with Crippen LogP contribution in [0.2, 0.25) is 0 Å². The smallest absolute Gasteiger partial charge is 0.246 e. The largest absolute Gasteiger partial charge is 0.494 e. The maximum atomic E-state index is 12.0. The summed E-state index contributed by atoms with van der Waals surface area (Å²) < 4.78 is 12.8. The molecule has 0 aliphatic carbocycles. The number of nitrogens with one attached hydrogen (secondary N) is 1. The molecule has 134 valence electrons. The highest BCUT2D eigenvalue weighted by Crippen LogP contribution is 2.25. The monoisotopic (exact) mass is 351 g/mol. The zero-order valence-corrected chi connectivity index (χ0v) is 14.8. The molecular formula is C20H21N3O3. The zero-order chi connectivity index (χ0) is 18.4. The van der Waals surface area contributed by atoms with Crippen molar-refractivity contribution in [2.45, 2.75) is 20.4 Å². The molecule has 0 bridgehead atoms. The lowest BCUT2D eigenvalue weighted by Gasteiger charge is -2.09. The van der Waals surface area contributed by atoms with E-state index in [0.717, 1.165) is 17.1 Å². The van der Waals surface area contributed by atoms with E-state index >= 15 is 0 Å². The molecule has 0 saturated heterocycles. The number of hydrogen-bond donors (Lipinski definition) is 1. The van der Waals surface area contributed by atoms with Gasteiger partial charge in [0.25, 0.3) is 0 Å². The molecule has 6 nitrogen and oxygen atoms in total. The Hall–Kier alpha value is -3.28. The number of ether oxygens (including phenoxy) is 2. The van der Waals surface area contributed by atoms with Gasteiger partial charge in [0.05, 0.1) is 12.8 Å². The van der Waals surface area contributed by atoms with Crippen molar-refractivity contribution >= 4 is 11.6 Å². The minimum absolute atomic E-state index is 0.131. The van der Waals surface area contributed by atoms with Crippen LogP contribution in [0, 0.1) is 6.92 Å². The van der Waals surface area contributed by atoms with Crippen molar-refractivity contribution in [3.63, 3.8) is 0 Å². The standard InChI is InChI=1S/C20H21N3O3/c1-3-25-17-8-10-19(11-9-17)26-18-6-4-16(5-7-18)22-20(24)14-23-13-15(2)12-21-23/h4-13H,3,14H2,1-2H3,(H,22,24). The van der Waals surface area contributed by atoms with Crippen LogP contribution in [0.25, 0.3) is 0 Å². The lowest BCUT2D eigenvalue weighted by Crippen LogP contribution is -2.18. The Morgan fingerprint density at radius 3 is 2.23 bits per heavy atom. The highest BCUT2D eigenvalue weighted by Gasteiger charge is 2.05. The molecule has 0 atom stereocenters. The summed E-state index contributed by atoms with van der Waals surface area (Å²) in [7, 11) is 0. The number of rotatable bonds is 7. The number of anilines is 1. The van der Waals surface area contributed by atoms with Crippen LogP contribution in [-0.2, 0) is 11.3 Å². The van der Waals surface area contributed by atoms with E-state index in [9.17, 15) is 4.79 Å². The molecule has 0 aliphatic heterocycles. The summed E-state index contributed by atoms with van der Waals surface area (Å²) in [6, 6.07) is 14.7. The van der Waals surface area contributed by atoms with Crippen LogP contribution in [0.3, 0.4) is 0 Å². The summed E-state index contributed by atoms with van der Waals surface area (Å²) in [5.41, 5.74) is 1.73. The summed E-state index contributed by atoms with van der Waals surface area (Å²) >= 11 is 0. The predicted molar refractivity (Wildman–Crippen MR) is 99.7 cm³/mol. The lowest BCUT2D eigenvalue weighted by atomic mass is 10.3. The number of carbonyl (C=O) groups is 1. The molecule has 1 heterocycles. The Morgan fingerprint density at radius 2 is 1.65 bits per heavy atom. The van der Waals surface area contributed by atoms with E-state index in [4.69, 9.17) is 9.47 Å². The van der Waals surface area contributed by atoms with Crippen molar-refractivity contribution in [1.82, 2.24) is 9.78 Å². The second kappa shape index (κ2) is 8.20. The normalized spacial score (nSPS) is 10.4. The highest BCUT2D eigenvalue weighted by atomic mass is 16.5. The first-order valence-electron chi connectivity index (χ1n) is 8.42. The van der Waals surface area contributed by atoms with Gasteiger partial charge in [-0.15, -0.1) is 0 Å². The number of hydrogen-bond acceptors (Lipinski definition) is 4. The summed E-state index contributed by atoms with van der Waals surface area (Å²) in [5.74, 6) is 2.09. The molecule has 0 aliphatic rings. The van der Waals surface area contributed by atoms with Crippen LogP contribution in [0.15, 0.2) is 60.9 Å². The molecule has 3 rings (SSSR count). The molecular weight excluding hydrogens is 330 g/mol. The van der Waals surface area contributed by atoms with Crippen LogP contribution < -0.4 is 14.8 Å². The third-order valence-corrected chi connectivity index (χ3v) is 3.58. The van der Waals surface area contributed by atoms with Crippen molar-refractivity contribution in [1.29, 1.82) is 0 Å². The summed E-state index contributed by atoms with van der Waals surface area (Å²) in [6.07, 6.45) is 3.55. The molecule has 0 radical (unpaired) electrons. The van der Waals surface area contributed by atoms with E-state index in [2.05, 4.69) is 10.4 Å². The lowest BCUT2D eigenvalue weighted by molar-refractivity contribution is -0.116. The molecule has 3 aromatic rings. The first kappa shape index (κ1) is 17.5. The van der Waals surface area contributed by atoms with Gasteiger partial charge in [0.2, 0.25) is 5.91 Å². The molecule has 0 unspecified atom stereocenters. The zero-order valence-electron chi connectivity index (χ0n) is 14.8. The Balaban J connectivity index is 1.55. The second-order valence-electron chi connectivity index (χ2n) is 5.79. The Kier molecular flexibility index (Phi) is 5.53. The van der Waals surface area contributed by atoms with Crippen molar-refractivity contribution < 1.29 is 14.3 Å². The van der Waals surface area contributed by atoms with E-state index in [1.54, 1.807) is 23.0 Å². The molecule has 1 amide bonds. The molecule has 0 spiro atoms. The SMILES string of the molecule is CCOc1ccc(Oc2ccc(NC(=O)Cn3cc(C)cn3)cc2)cc1. The van der Waals surface area contributed by atoms with Crippen molar-refractivity contribution in [2.24, 2.45) is 0 Å². The van der Waals surface area contributed by atoms with Gasteiger partial charge in [-0.05, 0) is 67.9 Å². The van der Waals surface area contributed by atoms with Gasteiger partial charge in [0, 0.05) is 11.9 Å². The van der Waals surface area contributed by atoms with Gasteiger partial charge in [-0.1, -0.05) is 0 Å². The maximum Gasteiger partial charge on any atom is 0.246 e. The average Bonchev–Trinajstić information content (AvgIpc) is 3.03.